The Hall–Kier alpha value is -2.62. The van der Waals surface area contributed by atoms with E-state index in [-0.39, 0.29) is 34.5 Å². The Kier molecular flexibility index (Phi) is 8.85. The van der Waals surface area contributed by atoms with Crippen LogP contribution < -0.4 is 20.1 Å². The Labute approximate surface area is 187 Å². The highest BCUT2D eigenvalue weighted by Gasteiger charge is 2.25. The zero-order valence-electron chi connectivity index (χ0n) is 17.5. The number of rotatable bonds is 10. The van der Waals surface area contributed by atoms with E-state index in [1.807, 2.05) is 0 Å². The fraction of sp³-hybridized carbons (Fsp3) is 0.333. The van der Waals surface area contributed by atoms with Gasteiger partial charge in [0.25, 0.3) is 5.91 Å². The summed E-state index contributed by atoms with van der Waals surface area (Å²) in [6.07, 6.45) is 0. The minimum Gasteiger partial charge on any atom is -0.497 e. The molecule has 2 aromatic rings. The van der Waals surface area contributed by atoms with E-state index in [1.165, 1.54) is 19.2 Å². The fourth-order valence-electron chi connectivity index (χ4n) is 2.72. The number of sulfonamides is 1. The second-order valence-corrected chi connectivity index (χ2v) is 9.21. The van der Waals surface area contributed by atoms with Crippen molar-refractivity contribution in [3.8, 4) is 5.75 Å². The highest BCUT2D eigenvalue weighted by atomic mass is 35.5. The lowest BCUT2D eigenvalue weighted by molar-refractivity contribution is -0.123. The van der Waals surface area contributed by atoms with Crippen molar-refractivity contribution in [2.45, 2.75) is 24.8 Å². The summed E-state index contributed by atoms with van der Waals surface area (Å²) in [7, 11) is -2.23. The molecular weight excluding hydrogens is 442 g/mol. The largest absolute Gasteiger partial charge is 0.497 e. The number of halogens is 1. The van der Waals surface area contributed by atoms with E-state index < -0.39 is 27.9 Å². The van der Waals surface area contributed by atoms with E-state index in [4.69, 9.17) is 16.3 Å². The summed E-state index contributed by atoms with van der Waals surface area (Å²) in [5, 5.41) is 5.61. The van der Waals surface area contributed by atoms with Gasteiger partial charge in [-0.1, -0.05) is 37.6 Å². The summed E-state index contributed by atoms with van der Waals surface area (Å²) in [5.74, 6) is -0.522. The Morgan fingerprint density at radius 3 is 2.26 bits per heavy atom. The van der Waals surface area contributed by atoms with Gasteiger partial charge in [-0.2, -0.15) is 0 Å². The summed E-state index contributed by atoms with van der Waals surface area (Å²) < 4.78 is 32.1. The molecule has 0 saturated carbocycles. The first-order valence-corrected chi connectivity index (χ1v) is 11.5. The van der Waals surface area contributed by atoms with Crippen molar-refractivity contribution in [2.75, 3.05) is 20.2 Å². The molecule has 2 rings (SSSR count). The normalized spacial score (nSPS) is 12.3. The van der Waals surface area contributed by atoms with Crippen molar-refractivity contribution < 1.29 is 22.7 Å². The van der Waals surface area contributed by atoms with Crippen LogP contribution in [-0.4, -0.2) is 46.5 Å². The minimum atomic E-state index is -3.72. The van der Waals surface area contributed by atoms with Gasteiger partial charge in [0.15, 0.2) is 0 Å². The molecule has 8 nitrogen and oxygen atoms in total. The van der Waals surface area contributed by atoms with Crippen LogP contribution in [0.4, 0.5) is 0 Å². The van der Waals surface area contributed by atoms with E-state index in [0.717, 1.165) is 0 Å². The zero-order chi connectivity index (χ0) is 23.0. The number of amides is 2. The van der Waals surface area contributed by atoms with Crippen LogP contribution in [0.3, 0.4) is 0 Å². The predicted molar refractivity (Wildman–Crippen MR) is 119 cm³/mol. The minimum absolute atomic E-state index is 0.0105. The highest BCUT2D eigenvalue weighted by Crippen LogP contribution is 2.16. The average Bonchev–Trinajstić information content (AvgIpc) is 2.74. The van der Waals surface area contributed by atoms with E-state index in [9.17, 15) is 18.0 Å². The van der Waals surface area contributed by atoms with Crippen LogP contribution in [0.5, 0.6) is 5.75 Å². The maximum atomic E-state index is 12.6. The van der Waals surface area contributed by atoms with Crippen LogP contribution in [-0.2, 0) is 14.8 Å². The third kappa shape index (κ3) is 6.95. The highest BCUT2D eigenvalue weighted by molar-refractivity contribution is 7.89. The molecule has 0 spiro atoms. The summed E-state index contributed by atoms with van der Waals surface area (Å²) in [6.45, 7) is 3.63. The molecule has 0 fully saturated rings. The maximum absolute atomic E-state index is 12.6. The molecule has 2 amide bonds. The van der Waals surface area contributed by atoms with E-state index in [0.29, 0.717) is 5.75 Å². The standard InChI is InChI=1S/C21H26ClN3O5S/c1-14(2)19(25-20(26)17-6-4-5-7-18(17)22)21(27)23-12-13-24-31(28,29)16-10-8-15(30-3)9-11-16/h4-11,14,19,24H,12-13H2,1-3H3,(H,23,27)(H,25,26). The first kappa shape index (κ1) is 24.6. The number of nitrogens with one attached hydrogen (secondary N) is 3. The predicted octanol–water partition coefficient (Wildman–Crippen LogP) is 2.20. The Morgan fingerprint density at radius 2 is 1.68 bits per heavy atom. The Balaban J connectivity index is 1.90. The van der Waals surface area contributed by atoms with Gasteiger partial charge in [-0.3, -0.25) is 9.59 Å². The lowest BCUT2D eigenvalue weighted by Gasteiger charge is -2.22. The van der Waals surface area contributed by atoms with Gasteiger partial charge in [-0.15, -0.1) is 0 Å². The molecule has 168 valence electrons. The van der Waals surface area contributed by atoms with Gasteiger partial charge < -0.3 is 15.4 Å². The number of hydrogen-bond donors (Lipinski definition) is 3. The van der Waals surface area contributed by atoms with Crippen molar-refractivity contribution >= 4 is 33.4 Å². The van der Waals surface area contributed by atoms with Crippen molar-refractivity contribution in [1.82, 2.24) is 15.4 Å². The lowest BCUT2D eigenvalue weighted by atomic mass is 10.0. The van der Waals surface area contributed by atoms with E-state index >= 15 is 0 Å². The summed E-state index contributed by atoms with van der Waals surface area (Å²) >= 11 is 6.04. The molecule has 1 unspecified atom stereocenters. The second-order valence-electron chi connectivity index (χ2n) is 7.04. The molecule has 3 N–H and O–H groups in total. The fourth-order valence-corrected chi connectivity index (χ4v) is 3.97. The van der Waals surface area contributed by atoms with E-state index in [1.54, 1.807) is 50.2 Å². The smallest absolute Gasteiger partial charge is 0.253 e. The molecule has 0 aliphatic heterocycles. The molecule has 31 heavy (non-hydrogen) atoms. The van der Waals surface area contributed by atoms with Gasteiger partial charge in [0, 0.05) is 13.1 Å². The van der Waals surface area contributed by atoms with Gasteiger partial charge in [-0.05, 0) is 42.3 Å². The monoisotopic (exact) mass is 467 g/mol. The Morgan fingerprint density at radius 1 is 1.03 bits per heavy atom. The van der Waals surface area contributed by atoms with Crippen molar-refractivity contribution in [3.63, 3.8) is 0 Å². The molecule has 0 heterocycles. The SMILES string of the molecule is COc1ccc(S(=O)(=O)NCCNC(=O)C(NC(=O)c2ccccc2Cl)C(C)C)cc1. The van der Waals surface area contributed by atoms with Crippen LogP contribution >= 0.6 is 11.6 Å². The zero-order valence-corrected chi connectivity index (χ0v) is 19.1. The van der Waals surface area contributed by atoms with Crippen molar-refractivity contribution in [2.24, 2.45) is 5.92 Å². The second kappa shape index (κ2) is 11.1. The third-order valence-corrected chi connectivity index (χ3v) is 6.25. The van der Waals surface area contributed by atoms with Crippen molar-refractivity contribution in [1.29, 1.82) is 0 Å². The quantitative estimate of drug-likeness (QED) is 0.463. The molecule has 2 aromatic carbocycles. The molecule has 0 aromatic heterocycles. The molecule has 0 radical (unpaired) electrons. The van der Waals surface area contributed by atoms with Crippen LogP contribution in [0.15, 0.2) is 53.4 Å². The maximum Gasteiger partial charge on any atom is 0.253 e. The number of methoxy groups -OCH3 is 1. The third-order valence-electron chi connectivity index (χ3n) is 4.44. The summed E-state index contributed by atoms with van der Waals surface area (Å²) in [5.41, 5.74) is 0.273. The van der Waals surface area contributed by atoms with Gasteiger partial charge in [-0.25, -0.2) is 13.1 Å². The lowest BCUT2D eigenvalue weighted by Crippen LogP contribution is -2.50. The number of carbonyl (C=O) groups is 2. The first-order chi connectivity index (χ1) is 14.7. The van der Waals surface area contributed by atoms with Crippen LogP contribution in [0.2, 0.25) is 5.02 Å². The van der Waals surface area contributed by atoms with Crippen LogP contribution in [0.25, 0.3) is 0 Å². The van der Waals surface area contributed by atoms with Gasteiger partial charge in [0.1, 0.15) is 11.8 Å². The first-order valence-electron chi connectivity index (χ1n) is 9.62. The van der Waals surface area contributed by atoms with Crippen molar-refractivity contribution in [3.05, 3.63) is 59.1 Å². The molecule has 0 saturated heterocycles. The van der Waals surface area contributed by atoms with Crippen LogP contribution in [0.1, 0.15) is 24.2 Å². The molecule has 10 heteroatoms. The molecule has 1 atom stereocenters. The number of carbonyl (C=O) groups excluding carboxylic acids is 2. The number of ether oxygens (including phenoxy) is 1. The average molecular weight is 468 g/mol. The van der Waals surface area contributed by atoms with E-state index in [2.05, 4.69) is 15.4 Å². The number of hydrogen-bond acceptors (Lipinski definition) is 5. The molecule has 0 bridgehead atoms. The number of benzene rings is 2. The van der Waals surface area contributed by atoms with Crippen LogP contribution in [0, 0.1) is 5.92 Å². The molecular formula is C21H26ClN3O5S. The molecule has 0 aliphatic rings. The summed E-state index contributed by atoms with van der Waals surface area (Å²) in [4.78, 5) is 25.1. The van der Waals surface area contributed by atoms with Gasteiger partial charge in [0.2, 0.25) is 15.9 Å². The van der Waals surface area contributed by atoms with Gasteiger partial charge in [0.05, 0.1) is 22.6 Å². The Bertz CT molecular complexity index is 1010. The molecule has 0 aliphatic carbocycles. The topological polar surface area (TPSA) is 114 Å². The summed E-state index contributed by atoms with van der Waals surface area (Å²) in [6, 6.07) is 11.7. The van der Waals surface area contributed by atoms with Gasteiger partial charge >= 0.3 is 0 Å².